The van der Waals surface area contributed by atoms with Gasteiger partial charge in [0, 0.05) is 11.4 Å². The average Bonchev–Trinajstić information content (AvgIpc) is 2.91. The standard InChI is InChI=1S/C33H34N2O4/c1-32(2,26-11-7-5-8-12-26)38-30(36)34-28-19-15-24(16-20-28)23-25-17-21-29(22-18-25)35-31(37)39-33(3,4)27-13-9-6-10-14-27/h5-22H,23H2,1-4H3,(H,34,36)(H,35,37). The van der Waals surface area contributed by atoms with Crippen molar-refractivity contribution in [1.82, 2.24) is 0 Å². The van der Waals surface area contributed by atoms with Gasteiger partial charge in [0.1, 0.15) is 11.2 Å². The zero-order valence-corrected chi connectivity index (χ0v) is 22.7. The van der Waals surface area contributed by atoms with Crippen LogP contribution in [-0.4, -0.2) is 12.2 Å². The average molecular weight is 523 g/mol. The van der Waals surface area contributed by atoms with Gasteiger partial charge in [-0.1, -0.05) is 84.9 Å². The number of benzene rings is 4. The number of hydrogen-bond donors (Lipinski definition) is 2. The summed E-state index contributed by atoms with van der Waals surface area (Å²) in [6.45, 7) is 7.45. The minimum Gasteiger partial charge on any atom is -0.438 e. The first-order valence-corrected chi connectivity index (χ1v) is 12.9. The molecule has 6 heteroatoms. The van der Waals surface area contributed by atoms with Gasteiger partial charge in [0.2, 0.25) is 0 Å². The van der Waals surface area contributed by atoms with Gasteiger partial charge in [-0.2, -0.15) is 0 Å². The number of carbonyl (C=O) groups excluding carboxylic acids is 2. The Hall–Kier alpha value is -4.58. The number of hydrogen-bond acceptors (Lipinski definition) is 4. The molecular weight excluding hydrogens is 488 g/mol. The molecule has 4 aromatic rings. The highest BCUT2D eigenvalue weighted by Gasteiger charge is 2.26. The van der Waals surface area contributed by atoms with Crippen molar-refractivity contribution in [3.63, 3.8) is 0 Å². The van der Waals surface area contributed by atoms with Crippen LogP contribution < -0.4 is 10.6 Å². The molecule has 0 heterocycles. The van der Waals surface area contributed by atoms with Gasteiger partial charge in [0.25, 0.3) is 0 Å². The van der Waals surface area contributed by atoms with Crippen molar-refractivity contribution in [2.45, 2.75) is 45.3 Å². The van der Waals surface area contributed by atoms with E-state index in [0.717, 1.165) is 22.3 Å². The van der Waals surface area contributed by atoms with E-state index in [4.69, 9.17) is 9.47 Å². The highest BCUT2D eigenvalue weighted by Crippen LogP contribution is 2.26. The Kier molecular flexibility index (Phi) is 8.35. The van der Waals surface area contributed by atoms with Crippen molar-refractivity contribution in [3.8, 4) is 0 Å². The monoisotopic (exact) mass is 522 g/mol. The zero-order valence-electron chi connectivity index (χ0n) is 22.7. The van der Waals surface area contributed by atoms with E-state index < -0.39 is 23.4 Å². The number of amides is 2. The van der Waals surface area contributed by atoms with Crippen molar-refractivity contribution in [1.29, 1.82) is 0 Å². The van der Waals surface area contributed by atoms with E-state index in [9.17, 15) is 9.59 Å². The lowest BCUT2D eigenvalue weighted by Crippen LogP contribution is -2.28. The summed E-state index contributed by atoms with van der Waals surface area (Å²) in [6, 6.07) is 34.5. The van der Waals surface area contributed by atoms with Gasteiger partial charge < -0.3 is 9.47 Å². The van der Waals surface area contributed by atoms with E-state index in [0.29, 0.717) is 17.8 Å². The Morgan fingerprint density at radius 2 is 0.872 bits per heavy atom. The first-order valence-electron chi connectivity index (χ1n) is 12.9. The molecule has 0 aromatic heterocycles. The minimum atomic E-state index is -0.749. The molecule has 0 saturated heterocycles. The van der Waals surface area contributed by atoms with Crippen molar-refractivity contribution < 1.29 is 19.1 Å². The molecule has 0 saturated carbocycles. The first-order chi connectivity index (χ1) is 18.6. The van der Waals surface area contributed by atoms with Gasteiger partial charge in [-0.05, 0) is 80.6 Å². The molecule has 0 aliphatic carbocycles. The summed E-state index contributed by atoms with van der Waals surface area (Å²) in [6.07, 6.45) is -0.312. The molecule has 4 rings (SSSR count). The largest absolute Gasteiger partial charge is 0.438 e. The van der Waals surface area contributed by atoms with E-state index in [1.807, 2.05) is 137 Å². The Balaban J connectivity index is 1.28. The Morgan fingerprint density at radius 1 is 0.538 bits per heavy atom. The third-order valence-corrected chi connectivity index (χ3v) is 6.44. The normalized spacial score (nSPS) is 11.4. The second kappa shape index (κ2) is 11.9. The summed E-state index contributed by atoms with van der Waals surface area (Å²) in [5.41, 5.74) is 3.83. The van der Waals surface area contributed by atoms with Crippen molar-refractivity contribution in [3.05, 3.63) is 131 Å². The number of carbonyl (C=O) groups is 2. The maximum atomic E-state index is 12.5. The summed E-state index contributed by atoms with van der Waals surface area (Å²) >= 11 is 0. The predicted octanol–water partition coefficient (Wildman–Crippen LogP) is 8.25. The molecule has 2 amide bonds. The quantitative estimate of drug-likeness (QED) is 0.244. The molecule has 0 aliphatic rings. The molecule has 0 unspecified atom stereocenters. The number of nitrogens with one attached hydrogen (secondary N) is 2. The van der Waals surface area contributed by atoms with Crippen LogP contribution in [0, 0.1) is 0 Å². The van der Waals surface area contributed by atoms with Crippen LogP contribution in [0.4, 0.5) is 21.0 Å². The summed E-state index contributed by atoms with van der Waals surface area (Å²) in [4.78, 5) is 24.9. The lowest BCUT2D eigenvalue weighted by molar-refractivity contribution is 0.0458. The molecule has 0 aliphatic heterocycles. The molecule has 200 valence electrons. The Morgan fingerprint density at radius 3 is 1.21 bits per heavy atom. The number of ether oxygens (including phenoxy) is 2. The van der Waals surface area contributed by atoms with Crippen molar-refractivity contribution in [2.75, 3.05) is 10.6 Å². The molecule has 6 nitrogen and oxygen atoms in total. The number of anilines is 2. The van der Waals surface area contributed by atoms with Gasteiger partial charge in [0.15, 0.2) is 0 Å². The zero-order chi connectivity index (χ0) is 27.9. The fraction of sp³-hybridized carbons (Fsp3) is 0.212. The summed E-state index contributed by atoms with van der Waals surface area (Å²) in [5, 5.41) is 5.60. The van der Waals surface area contributed by atoms with Gasteiger partial charge in [-0.25, -0.2) is 9.59 Å². The summed E-state index contributed by atoms with van der Waals surface area (Å²) in [5.74, 6) is 0. The van der Waals surface area contributed by atoms with E-state index in [1.54, 1.807) is 0 Å². The maximum Gasteiger partial charge on any atom is 0.412 e. The highest BCUT2D eigenvalue weighted by atomic mass is 16.6. The lowest BCUT2D eigenvalue weighted by atomic mass is 9.98. The van der Waals surface area contributed by atoms with Crippen LogP contribution in [0.3, 0.4) is 0 Å². The van der Waals surface area contributed by atoms with Crippen LogP contribution in [0.25, 0.3) is 0 Å². The lowest BCUT2D eigenvalue weighted by Gasteiger charge is -2.25. The van der Waals surface area contributed by atoms with Gasteiger partial charge in [0.05, 0.1) is 0 Å². The van der Waals surface area contributed by atoms with E-state index >= 15 is 0 Å². The molecule has 0 spiro atoms. The minimum absolute atomic E-state index is 0.509. The van der Waals surface area contributed by atoms with Crippen LogP contribution in [0.15, 0.2) is 109 Å². The first kappa shape index (κ1) is 27.5. The van der Waals surface area contributed by atoms with Crippen molar-refractivity contribution in [2.24, 2.45) is 0 Å². The third-order valence-electron chi connectivity index (χ3n) is 6.44. The van der Waals surface area contributed by atoms with Crippen molar-refractivity contribution >= 4 is 23.6 Å². The maximum absolute atomic E-state index is 12.5. The van der Waals surface area contributed by atoms with Gasteiger partial charge >= 0.3 is 12.2 Å². The molecule has 4 aromatic carbocycles. The SMILES string of the molecule is CC(C)(OC(=O)Nc1ccc(Cc2ccc(NC(=O)OC(C)(C)c3ccccc3)cc2)cc1)c1ccccc1. The second-order valence-corrected chi connectivity index (χ2v) is 10.4. The molecule has 0 fully saturated rings. The molecule has 0 radical (unpaired) electrons. The fourth-order valence-corrected chi connectivity index (χ4v) is 4.19. The van der Waals surface area contributed by atoms with E-state index in [-0.39, 0.29) is 0 Å². The van der Waals surface area contributed by atoms with Crippen LogP contribution >= 0.6 is 0 Å². The summed E-state index contributed by atoms with van der Waals surface area (Å²) < 4.78 is 11.3. The smallest absolute Gasteiger partial charge is 0.412 e. The van der Waals surface area contributed by atoms with Crippen LogP contribution in [0.1, 0.15) is 49.9 Å². The van der Waals surface area contributed by atoms with Crippen LogP contribution in [0.2, 0.25) is 0 Å². The highest BCUT2D eigenvalue weighted by molar-refractivity contribution is 5.85. The Labute approximate surface area is 230 Å². The van der Waals surface area contributed by atoms with E-state index in [2.05, 4.69) is 10.6 Å². The summed E-state index contributed by atoms with van der Waals surface area (Å²) in [7, 11) is 0. The van der Waals surface area contributed by atoms with E-state index in [1.165, 1.54) is 0 Å². The van der Waals surface area contributed by atoms with Crippen LogP contribution in [0.5, 0.6) is 0 Å². The third kappa shape index (κ3) is 7.71. The molecule has 39 heavy (non-hydrogen) atoms. The van der Waals surface area contributed by atoms with Gasteiger partial charge in [-0.3, -0.25) is 10.6 Å². The topological polar surface area (TPSA) is 76.7 Å². The molecule has 2 N–H and O–H groups in total. The molecule has 0 atom stereocenters. The fourth-order valence-electron chi connectivity index (χ4n) is 4.19. The molecule has 0 bridgehead atoms. The Bertz CT molecular complexity index is 1270. The second-order valence-electron chi connectivity index (χ2n) is 10.4. The van der Waals surface area contributed by atoms with Crippen LogP contribution in [-0.2, 0) is 27.1 Å². The van der Waals surface area contributed by atoms with Gasteiger partial charge in [-0.15, -0.1) is 0 Å². The number of rotatable bonds is 8. The molecular formula is C33H34N2O4. The predicted molar refractivity (Wildman–Crippen MR) is 155 cm³/mol.